The van der Waals surface area contributed by atoms with Crippen molar-refractivity contribution in [1.29, 1.82) is 0 Å². The first kappa shape index (κ1) is 20.4. The molecule has 0 atom stereocenters. The summed E-state index contributed by atoms with van der Waals surface area (Å²) in [4.78, 5) is 9.31. The predicted molar refractivity (Wildman–Crippen MR) is 113 cm³/mol. The minimum Gasteiger partial charge on any atom is -0.355 e. The normalized spacial score (nSPS) is 16.2. The molecule has 0 spiro atoms. The van der Waals surface area contributed by atoms with Gasteiger partial charge in [-0.15, -0.1) is 0 Å². The fourth-order valence-electron chi connectivity index (χ4n) is 3.33. The van der Waals surface area contributed by atoms with Crippen molar-refractivity contribution in [1.82, 2.24) is 15.1 Å². The molecule has 2 aromatic rings. The average molecular weight is 401 g/mol. The molecule has 0 saturated carbocycles. The fraction of sp³-hybridized carbons (Fsp3) is 0.381. The Bertz CT molecular complexity index is 862. The van der Waals surface area contributed by atoms with Crippen LogP contribution in [0.5, 0.6) is 0 Å². The minimum atomic E-state index is -3.28. The Labute approximate surface area is 167 Å². The highest BCUT2D eigenvalue weighted by Crippen LogP contribution is 2.10. The maximum Gasteiger partial charge on any atom is 0.193 e. The first-order chi connectivity index (χ1) is 13.6. The summed E-state index contributed by atoms with van der Waals surface area (Å²) in [6, 6.07) is 19.1. The minimum absolute atomic E-state index is 0.0456. The SMILES string of the molecule is CN=C(NCCS(=O)(=O)c1ccccc1)N1CCN(Cc2ccccc2)CC1. The Morgan fingerprint density at radius 2 is 1.57 bits per heavy atom. The second kappa shape index (κ2) is 9.71. The number of nitrogens with zero attached hydrogens (tertiary/aromatic N) is 3. The van der Waals surface area contributed by atoms with E-state index in [0.717, 1.165) is 38.7 Å². The summed E-state index contributed by atoms with van der Waals surface area (Å²) in [5.41, 5.74) is 1.32. The lowest BCUT2D eigenvalue weighted by atomic mass is 10.2. The molecule has 28 heavy (non-hydrogen) atoms. The standard InChI is InChI=1S/C21H28N4O2S/c1-22-21(23-12-17-28(26,27)20-10-6-3-7-11-20)25-15-13-24(14-16-25)18-19-8-4-2-5-9-19/h2-11H,12-18H2,1H3,(H,22,23). The molecule has 6 nitrogen and oxygen atoms in total. The van der Waals surface area contributed by atoms with Crippen LogP contribution in [0.3, 0.4) is 0 Å². The predicted octanol–water partition coefficient (Wildman–Crippen LogP) is 1.85. The Balaban J connectivity index is 1.46. The van der Waals surface area contributed by atoms with E-state index in [9.17, 15) is 8.42 Å². The third-order valence-corrected chi connectivity index (χ3v) is 6.62. The molecule has 0 unspecified atom stereocenters. The van der Waals surface area contributed by atoms with E-state index in [-0.39, 0.29) is 5.75 Å². The third-order valence-electron chi connectivity index (χ3n) is 4.89. The van der Waals surface area contributed by atoms with Crippen LogP contribution >= 0.6 is 0 Å². The van der Waals surface area contributed by atoms with Crippen molar-refractivity contribution in [3.05, 3.63) is 66.2 Å². The van der Waals surface area contributed by atoms with E-state index >= 15 is 0 Å². The molecule has 1 saturated heterocycles. The quantitative estimate of drug-likeness (QED) is 0.592. The second-order valence-electron chi connectivity index (χ2n) is 6.85. The van der Waals surface area contributed by atoms with E-state index in [2.05, 4.69) is 44.4 Å². The Morgan fingerprint density at radius 3 is 2.18 bits per heavy atom. The topological polar surface area (TPSA) is 65.0 Å². The lowest BCUT2D eigenvalue weighted by Crippen LogP contribution is -2.52. The number of hydrogen-bond donors (Lipinski definition) is 1. The zero-order chi connectivity index (χ0) is 19.8. The van der Waals surface area contributed by atoms with E-state index in [0.29, 0.717) is 11.4 Å². The van der Waals surface area contributed by atoms with Crippen LogP contribution in [0.2, 0.25) is 0 Å². The molecule has 0 bridgehead atoms. The maximum atomic E-state index is 12.4. The molecule has 1 aliphatic heterocycles. The molecule has 0 radical (unpaired) electrons. The summed E-state index contributed by atoms with van der Waals surface area (Å²) in [7, 11) is -1.54. The molecule has 7 heteroatoms. The monoisotopic (exact) mass is 400 g/mol. The zero-order valence-corrected chi connectivity index (χ0v) is 17.1. The van der Waals surface area contributed by atoms with Crippen molar-refractivity contribution < 1.29 is 8.42 Å². The number of benzene rings is 2. The van der Waals surface area contributed by atoms with Crippen molar-refractivity contribution in [3.8, 4) is 0 Å². The van der Waals surface area contributed by atoms with Crippen LogP contribution in [0.15, 0.2) is 70.6 Å². The summed E-state index contributed by atoms with van der Waals surface area (Å²) >= 11 is 0. The average Bonchev–Trinajstić information content (AvgIpc) is 2.73. The van der Waals surface area contributed by atoms with Gasteiger partial charge in [-0.05, 0) is 17.7 Å². The Hall–Kier alpha value is -2.38. The Morgan fingerprint density at radius 1 is 0.964 bits per heavy atom. The van der Waals surface area contributed by atoms with Gasteiger partial charge >= 0.3 is 0 Å². The smallest absolute Gasteiger partial charge is 0.193 e. The first-order valence-electron chi connectivity index (χ1n) is 9.58. The molecule has 150 valence electrons. The highest BCUT2D eigenvalue weighted by molar-refractivity contribution is 7.91. The summed E-state index contributed by atoms with van der Waals surface area (Å²) in [5, 5.41) is 3.21. The van der Waals surface area contributed by atoms with Crippen LogP contribution in [-0.4, -0.2) is 69.7 Å². The van der Waals surface area contributed by atoms with Gasteiger partial charge in [-0.1, -0.05) is 48.5 Å². The van der Waals surface area contributed by atoms with Gasteiger partial charge in [0.1, 0.15) is 0 Å². The van der Waals surface area contributed by atoms with Crippen molar-refractivity contribution in [2.75, 3.05) is 45.5 Å². The molecule has 0 amide bonds. The largest absolute Gasteiger partial charge is 0.355 e. The van der Waals surface area contributed by atoms with E-state index < -0.39 is 9.84 Å². The van der Waals surface area contributed by atoms with Gasteiger partial charge in [-0.25, -0.2) is 8.42 Å². The molecule has 0 aromatic heterocycles. The van der Waals surface area contributed by atoms with E-state index in [1.165, 1.54) is 5.56 Å². The van der Waals surface area contributed by atoms with Gasteiger partial charge in [0.15, 0.2) is 15.8 Å². The van der Waals surface area contributed by atoms with E-state index in [4.69, 9.17) is 0 Å². The molecular formula is C21H28N4O2S. The van der Waals surface area contributed by atoms with Crippen LogP contribution in [0.1, 0.15) is 5.56 Å². The first-order valence-corrected chi connectivity index (χ1v) is 11.2. The van der Waals surface area contributed by atoms with Gasteiger partial charge < -0.3 is 10.2 Å². The van der Waals surface area contributed by atoms with Gasteiger partial charge in [0, 0.05) is 46.3 Å². The van der Waals surface area contributed by atoms with Crippen molar-refractivity contribution >= 4 is 15.8 Å². The molecule has 1 aliphatic rings. The fourth-order valence-corrected chi connectivity index (χ4v) is 4.51. The summed E-state index contributed by atoms with van der Waals surface area (Å²) in [5.74, 6) is 0.812. The molecule has 1 fully saturated rings. The highest BCUT2D eigenvalue weighted by Gasteiger charge is 2.20. The highest BCUT2D eigenvalue weighted by atomic mass is 32.2. The Kier molecular flexibility index (Phi) is 7.06. The lowest BCUT2D eigenvalue weighted by Gasteiger charge is -2.36. The van der Waals surface area contributed by atoms with Crippen LogP contribution in [-0.2, 0) is 16.4 Å². The molecule has 2 aromatic carbocycles. The third kappa shape index (κ3) is 5.56. The van der Waals surface area contributed by atoms with Crippen molar-refractivity contribution in [3.63, 3.8) is 0 Å². The second-order valence-corrected chi connectivity index (χ2v) is 8.96. The van der Waals surface area contributed by atoms with Crippen LogP contribution in [0, 0.1) is 0 Å². The van der Waals surface area contributed by atoms with E-state index in [1.54, 1.807) is 31.3 Å². The van der Waals surface area contributed by atoms with Crippen molar-refractivity contribution in [2.24, 2.45) is 4.99 Å². The van der Waals surface area contributed by atoms with Crippen molar-refractivity contribution in [2.45, 2.75) is 11.4 Å². The molecule has 3 rings (SSSR count). The van der Waals surface area contributed by atoms with Gasteiger partial charge in [0.2, 0.25) is 0 Å². The number of piperazine rings is 1. The summed E-state index contributed by atoms with van der Waals surface area (Å²) in [6.45, 7) is 4.95. The van der Waals surface area contributed by atoms with Crippen LogP contribution in [0.4, 0.5) is 0 Å². The van der Waals surface area contributed by atoms with Gasteiger partial charge in [-0.3, -0.25) is 9.89 Å². The molecule has 1 heterocycles. The van der Waals surface area contributed by atoms with Gasteiger partial charge in [0.05, 0.1) is 10.6 Å². The van der Waals surface area contributed by atoms with E-state index in [1.807, 2.05) is 12.1 Å². The summed E-state index contributed by atoms with van der Waals surface area (Å²) < 4.78 is 24.8. The van der Waals surface area contributed by atoms with Crippen LogP contribution < -0.4 is 5.32 Å². The molecule has 1 N–H and O–H groups in total. The number of guanidine groups is 1. The summed E-state index contributed by atoms with van der Waals surface area (Å²) in [6.07, 6.45) is 0. The lowest BCUT2D eigenvalue weighted by molar-refractivity contribution is 0.172. The van der Waals surface area contributed by atoms with Crippen LogP contribution in [0.25, 0.3) is 0 Å². The zero-order valence-electron chi connectivity index (χ0n) is 16.3. The number of aliphatic imine (C=N–C) groups is 1. The number of nitrogens with one attached hydrogen (secondary N) is 1. The van der Waals surface area contributed by atoms with Gasteiger partial charge in [0.25, 0.3) is 0 Å². The molecule has 0 aliphatic carbocycles. The molecular weight excluding hydrogens is 372 g/mol. The number of hydrogen-bond acceptors (Lipinski definition) is 4. The number of rotatable bonds is 6. The number of sulfone groups is 1. The van der Waals surface area contributed by atoms with Gasteiger partial charge in [-0.2, -0.15) is 0 Å². The maximum absolute atomic E-state index is 12.4.